The second-order valence-electron chi connectivity index (χ2n) is 13.3. The van der Waals surface area contributed by atoms with Crippen molar-refractivity contribution in [2.24, 2.45) is 0 Å². The van der Waals surface area contributed by atoms with Crippen LogP contribution in [0.1, 0.15) is 49.4 Å². The first-order chi connectivity index (χ1) is 22.5. The van der Waals surface area contributed by atoms with Crippen LogP contribution >= 0.6 is 0 Å². The maximum Gasteiger partial charge on any atom is 0.415 e. The van der Waals surface area contributed by atoms with E-state index in [1.54, 1.807) is 31.7 Å². The van der Waals surface area contributed by atoms with Crippen molar-refractivity contribution in [3.8, 4) is 0 Å². The Bertz CT molecular complexity index is 1650. The zero-order chi connectivity index (χ0) is 33.3. The van der Waals surface area contributed by atoms with Crippen LogP contribution in [0.3, 0.4) is 0 Å². The van der Waals surface area contributed by atoms with Crippen molar-refractivity contribution in [2.45, 2.75) is 83.0 Å². The summed E-state index contributed by atoms with van der Waals surface area (Å²) in [6.45, 7) is 6.02. The third kappa shape index (κ3) is 6.74. The van der Waals surface area contributed by atoms with Crippen LogP contribution in [0.25, 0.3) is 0 Å². The number of para-hydroxylation sites is 1. The number of methoxy groups -OCH3 is 1. The quantitative estimate of drug-likeness (QED) is 0.361. The van der Waals surface area contributed by atoms with Gasteiger partial charge in [-0.05, 0) is 49.1 Å². The fourth-order valence-corrected chi connectivity index (χ4v) is 6.79. The summed E-state index contributed by atoms with van der Waals surface area (Å²) in [5.74, 6) is -1.24. The van der Waals surface area contributed by atoms with E-state index in [2.05, 4.69) is 0 Å². The molecule has 246 valence electrons. The summed E-state index contributed by atoms with van der Waals surface area (Å²) in [6.07, 6.45) is -0.231. The third-order valence-corrected chi connectivity index (χ3v) is 9.02. The minimum Gasteiger partial charge on any atom is -0.467 e. The average molecular weight is 640 g/mol. The fraction of sp³-hybridized carbons (Fsp3) is 0.405. The maximum absolute atomic E-state index is 14.6. The first kappa shape index (κ1) is 32.2. The summed E-state index contributed by atoms with van der Waals surface area (Å²) in [7, 11) is 1.31. The molecule has 3 aliphatic heterocycles. The summed E-state index contributed by atoms with van der Waals surface area (Å²) in [5.41, 5.74) is 3.56. The van der Waals surface area contributed by atoms with E-state index in [0.29, 0.717) is 18.7 Å². The molecule has 6 rings (SSSR count). The van der Waals surface area contributed by atoms with Crippen LogP contribution in [-0.2, 0) is 54.6 Å². The van der Waals surface area contributed by atoms with Crippen LogP contribution in [0.4, 0.5) is 10.5 Å². The second-order valence-corrected chi connectivity index (χ2v) is 13.3. The molecule has 0 saturated carbocycles. The Kier molecular flexibility index (Phi) is 9.05. The first-order valence-electron chi connectivity index (χ1n) is 16.0. The summed E-state index contributed by atoms with van der Waals surface area (Å²) in [4.78, 5) is 60.3. The highest BCUT2D eigenvalue weighted by Crippen LogP contribution is 2.36. The Labute approximate surface area is 275 Å². The topological polar surface area (TPSA) is 106 Å². The number of carbonyl (C=O) groups is 4. The van der Waals surface area contributed by atoms with Crippen LogP contribution in [0.15, 0.2) is 78.9 Å². The molecule has 4 atom stereocenters. The van der Waals surface area contributed by atoms with Gasteiger partial charge in [0, 0.05) is 32.4 Å². The van der Waals surface area contributed by atoms with Gasteiger partial charge in [0.25, 0.3) is 0 Å². The van der Waals surface area contributed by atoms with E-state index in [4.69, 9.17) is 14.2 Å². The van der Waals surface area contributed by atoms with Crippen molar-refractivity contribution in [3.63, 3.8) is 0 Å². The number of hydrogen-bond acceptors (Lipinski definition) is 7. The molecule has 1 saturated heterocycles. The van der Waals surface area contributed by atoms with Gasteiger partial charge in [-0.2, -0.15) is 0 Å². The highest BCUT2D eigenvalue weighted by Gasteiger charge is 2.50. The molecular weight excluding hydrogens is 598 g/mol. The van der Waals surface area contributed by atoms with E-state index in [-0.39, 0.29) is 37.7 Å². The van der Waals surface area contributed by atoms with E-state index >= 15 is 0 Å². The Balaban J connectivity index is 1.32. The number of ether oxygens (including phenoxy) is 3. The molecule has 10 nitrogen and oxygen atoms in total. The lowest BCUT2D eigenvalue weighted by molar-refractivity contribution is -0.157. The van der Waals surface area contributed by atoms with Crippen LogP contribution in [0, 0.1) is 0 Å². The number of carbonyl (C=O) groups excluding carboxylic acids is 4. The minimum absolute atomic E-state index is 0.157. The molecule has 0 unspecified atom stereocenters. The largest absolute Gasteiger partial charge is 0.467 e. The lowest BCUT2D eigenvalue weighted by Crippen LogP contribution is -2.58. The van der Waals surface area contributed by atoms with E-state index in [9.17, 15) is 19.2 Å². The Morgan fingerprint density at radius 2 is 1.36 bits per heavy atom. The zero-order valence-corrected chi connectivity index (χ0v) is 27.3. The normalized spacial score (nSPS) is 22.0. The van der Waals surface area contributed by atoms with Gasteiger partial charge < -0.3 is 24.0 Å². The highest BCUT2D eigenvalue weighted by molar-refractivity contribution is 6.02. The summed E-state index contributed by atoms with van der Waals surface area (Å²) in [6, 6.07) is 22.1. The maximum atomic E-state index is 14.6. The van der Waals surface area contributed by atoms with E-state index in [0.717, 1.165) is 22.3 Å². The molecule has 1 fully saturated rings. The van der Waals surface area contributed by atoms with E-state index < -0.39 is 41.9 Å². The summed E-state index contributed by atoms with van der Waals surface area (Å²) < 4.78 is 17.2. The van der Waals surface area contributed by atoms with Crippen LogP contribution in [-0.4, -0.2) is 77.2 Å². The Morgan fingerprint density at radius 1 is 0.745 bits per heavy atom. The molecule has 0 aromatic heterocycles. The summed E-state index contributed by atoms with van der Waals surface area (Å²) >= 11 is 0. The molecule has 0 aliphatic carbocycles. The second kappa shape index (κ2) is 13.2. The Morgan fingerprint density at radius 3 is 2.06 bits per heavy atom. The van der Waals surface area contributed by atoms with Gasteiger partial charge in [-0.3, -0.25) is 14.5 Å². The number of rotatable bonds is 6. The SMILES string of the molecule is COC(=O)[C@H]1Cc2ccccc2CN1C(=O)[C@H]1C[C@@H](OCc2ccccc2)CN1C(=O)[C@H]1Cc2ccccc2N1C(=O)OC(C)(C)C. The van der Waals surface area contributed by atoms with Gasteiger partial charge in [0.05, 0.1) is 25.5 Å². The molecular formula is C37H41N3O7. The number of likely N-dealkylation sites (tertiary alicyclic amines) is 1. The smallest absolute Gasteiger partial charge is 0.415 e. The van der Waals surface area contributed by atoms with Crippen molar-refractivity contribution in [1.82, 2.24) is 9.80 Å². The highest BCUT2D eigenvalue weighted by atomic mass is 16.6. The Hall–Kier alpha value is -4.70. The van der Waals surface area contributed by atoms with Gasteiger partial charge in [-0.25, -0.2) is 9.59 Å². The van der Waals surface area contributed by atoms with Gasteiger partial charge in [0.2, 0.25) is 11.8 Å². The molecule has 47 heavy (non-hydrogen) atoms. The summed E-state index contributed by atoms with van der Waals surface area (Å²) in [5, 5.41) is 0. The zero-order valence-electron chi connectivity index (χ0n) is 27.3. The monoisotopic (exact) mass is 639 g/mol. The average Bonchev–Trinajstić information content (AvgIpc) is 3.68. The van der Waals surface area contributed by atoms with Crippen molar-refractivity contribution in [1.29, 1.82) is 0 Å². The van der Waals surface area contributed by atoms with Gasteiger partial charge in [0.15, 0.2) is 0 Å². The minimum atomic E-state index is -0.913. The van der Waals surface area contributed by atoms with Crippen LogP contribution < -0.4 is 4.90 Å². The molecule has 0 bridgehead atoms. The standard InChI is InChI=1S/C37H41N3O7/c1-37(2,3)47-36(44)40-29-17-11-10-15-26(29)19-31(40)34(42)39-22-28(46-23-24-12-6-5-7-13-24)20-30(39)33(41)38-21-27-16-9-8-14-25(27)18-32(38)35(43)45-4/h5-17,28,30-32H,18-23H2,1-4H3/t28-,30-,31-,32-/m1/s1. The molecule has 3 aliphatic rings. The fourth-order valence-electron chi connectivity index (χ4n) is 6.79. The predicted molar refractivity (Wildman–Crippen MR) is 174 cm³/mol. The third-order valence-electron chi connectivity index (χ3n) is 9.02. The molecule has 3 aromatic carbocycles. The lowest BCUT2D eigenvalue weighted by atomic mass is 9.93. The predicted octanol–water partition coefficient (Wildman–Crippen LogP) is 4.67. The number of hydrogen-bond donors (Lipinski definition) is 0. The number of amides is 3. The van der Waals surface area contributed by atoms with Crippen molar-refractivity contribution >= 4 is 29.6 Å². The van der Waals surface area contributed by atoms with Crippen molar-refractivity contribution in [3.05, 3.63) is 101 Å². The number of esters is 1. The van der Waals surface area contributed by atoms with Gasteiger partial charge >= 0.3 is 12.1 Å². The molecule has 3 heterocycles. The number of fused-ring (bicyclic) bond motifs is 2. The van der Waals surface area contributed by atoms with Gasteiger partial charge in [-0.1, -0.05) is 72.8 Å². The number of benzene rings is 3. The molecule has 0 radical (unpaired) electrons. The van der Waals surface area contributed by atoms with Crippen molar-refractivity contribution < 1.29 is 33.4 Å². The molecule has 3 amide bonds. The first-order valence-corrected chi connectivity index (χ1v) is 16.0. The number of anilines is 1. The molecule has 10 heteroatoms. The van der Waals surface area contributed by atoms with Crippen molar-refractivity contribution in [2.75, 3.05) is 18.6 Å². The van der Waals surface area contributed by atoms with Crippen LogP contribution in [0.5, 0.6) is 0 Å². The molecule has 0 N–H and O–H groups in total. The molecule has 3 aromatic rings. The van der Waals surface area contributed by atoms with E-state index in [1.807, 2.05) is 72.8 Å². The van der Waals surface area contributed by atoms with Gasteiger partial charge in [0.1, 0.15) is 23.7 Å². The molecule has 0 spiro atoms. The van der Waals surface area contributed by atoms with E-state index in [1.165, 1.54) is 16.9 Å². The van der Waals surface area contributed by atoms with Gasteiger partial charge in [-0.15, -0.1) is 0 Å². The lowest BCUT2D eigenvalue weighted by Gasteiger charge is -2.39. The van der Waals surface area contributed by atoms with Crippen LogP contribution in [0.2, 0.25) is 0 Å². The number of nitrogens with zero attached hydrogens (tertiary/aromatic N) is 3.